The van der Waals surface area contributed by atoms with Crippen LogP contribution in [-0.4, -0.2) is 39.0 Å². The molecule has 198 valence electrons. The van der Waals surface area contributed by atoms with E-state index in [-0.39, 0.29) is 17.6 Å². The number of carbonyl (C=O) groups is 2. The zero-order valence-electron chi connectivity index (χ0n) is 21.9. The van der Waals surface area contributed by atoms with Crippen molar-refractivity contribution in [3.05, 3.63) is 56.6 Å². The Hall–Kier alpha value is -2.95. The molecule has 1 aliphatic carbocycles. The largest absolute Gasteiger partial charge is 0.462 e. The summed E-state index contributed by atoms with van der Waals surface area (Å²) < 4.78 is 7.26. The number of esters is 1. The Balaban J connectivity index is 1.32. The minimum Gasteiger partial charge on any atom is -0.462 e. The van der Waals surface area contributed by atoms with Crippen LogP contribution in [0.4, 0.5) is 5.00 Å². The molecule has 38 heavy (non-hydrogen) atoms. The summed E-state index contributed by atoms with van der Waals surface area (Å²) in [7, 11) is 1.92. The summed E-state index contributed by atoms with van der Waals surface area (Å²) in [6.07, 6.45) is 2.79. The highest BCUT2D eigenvalue weighted by molar-refractivity contribution is 7.99. The third-order valence-electron chi connectivity index (χ3n) is 6.69. The Labute approximate surface area is 234 Å². The topological polar surface area (TPSA) is 86.1 Å². The molecule has 0 saturated carbocycles. The van der Waals surface area contributed by atoms with Crippen LogP contribution in [-0.2, 0) is 29.4 Å². The first-order valence-electron chi connectivity index (χ1n) is 12.6. The highest BCUT2D eigenvalue weighted by Gasteiger charge is 2.29. The van der Waals surface area contributed by atoms with E-state index in [4.69, 9.17) is 4.74 Å². The van der Waals surface area contributed by atoms with Crippen molar-refractivity contribution in [3.63, 3.8) is 0 Å². The van der Waals surface area contributed by atoms with Crippen molar-refractivity contribution in [1.82, 2.24) is 14.8 Å². The normalized spacial score (nSPS) is 14.8. The smallest absolute Gasteiger partial charge is 0.341 e. The van der Waals surface area contributed by atoms with E-state index in [0.717, 1.165) is 47.3 Å². The first-order valence-corrected chi connectivity index (χ1v) is 15.3. The molecule has 4 aromatic rings. The molecule has 1 aromatic carbocycles. The number of benzene rings is 1. The SMILES string of the molecule is CCOC(=O)c1c(NC(=O)CSc2nnc(-c3csc(C)c3-c3ccccc3)n2C)sc2c1CCC(C)C2. The average molecular weight is 567 g/mol. The van der Waals surface area contributed by atoms with Crippen molar-refractivity contribution in [1.29, 1.82) is 0 Å². The molecule has 0 radical (unpaired) electrons. The lowest BCUT2D eigenvalue weighted by Gasteiger charge is -2.18. The fraction of sp³-hybridized carbons (Fsp3) is 0.357. The molecule has 1 unspecified atom stereocenters. The van der Waals surface area contributed by atoms with E-state index >= 15 is 0 Å². The van der Waals surface area contributed by atoms with Crippen LogP contribution in [0.2, 0.25) is 0 Å². The van der Waals surface area contributed by atoms with E-state index in [1.807, 2.05) is 29.8 Å². The molecule has 0 spiro atoms. The summed E-state index contributed by atoms with van der Waals surface area (Å²) in [6, 6.07) is 10.3. The number of hydrogen-bond acceptors (Lipinski definition) is 8. The monoisotopic (exact) mass is 566 g/mol. The van der Waals surface area contributed by atoms with Gasteiger partial charge < -0.3 is 14.6 Å². The Morgan fingerprint density at radius 2 is 2.03 bits per heavy atom. The predicted molar refractivity (Wildman–Crippen MR) is 155 cm³/mol. The zero-order chi connectivity index (χ0) is 26.8. The highest BCUT2D eigenvalue weighted by Crippen LogP contribution is 2.41. The van der Waals surface area contributed by atoms with Gasteiger partial charge in [-0.25, -0.2) is 4.79 Å². The standard InChI is InChI=1S/C28H30N4O3S3/c1-5-35-27(34)24-19-12-11-16(2)13-21(19)38-26(24)29-22(33)15-37-28-31-30-25(32(28)4)20-14-36-17(3)23(20)18-9-7-6-8-10-18/h6-10,14,16H,5,11-13,15H2,1-4H3,(H,29,33). The van der Waals surface area contributed by atoms with E-state index in [1.165, 1.54) is 32.9 Å². The van der Waals surface area contributed by atoms with E-state index in [0.29, 0.717) is 28.2 Å². The minimum atomic E-state index is -0.360. The van der Waals surface area contributed by atoms with Gasteiger partial charge in [0, 0.05) is 33.3 Å². The maximum Gasteiger partial charge on any atom is 0.341 e. The molecule has 0 aliphatic heterocycles. The Morgan fingerprint density at radius 3 is 2.79 bits per heavy atom. The van der Waals surface area contributed by atoms with Crippen LogP contribution >= 0.6 is 34.4 Å². The number of anilines is 1. The number of amides is 1. The van der Waals surface area contributed by atoms with Crippen molar-refractivity contribution >= 4 is 51.3 Å². The summed E-state index contributed by atoms with van der Waals surface area (Å²) in [6.45, 7) is 6.42. The van der Waals surface area contributed by atoms with Gasteiger partial charge in [-0.3, -0.25) is 4.79 Å². The Morgan fingerprint density at radius 1 is 1.24 bits per heavy atom. The van der Waals surface area contributed by atoms with E-state index in [1.54, 1.807) is 18.3 Å². The van der Waals surface area contributed by atoms with Gasteiger partial charge in [0.2, 0.25) is 5.91 Å². The number of nitrogens with zero attached hydrogens (tertiary/aromatic N) is 3. The molecule has 1 N–H and O–H groups in total. The third-order valence-corrected chi connectivity index (χ3v) is 9.79. The van der Waals surface area contributed by atoms with Gasteiger partial charge in [0.05, 0.1) is 17.9 Å². The van der Waals surface area contributed by atoms with Crippen molar-refractivity contribution < 1.29 is 14.3 Å². The minimum absolute atomic E-state index is 0.154. The number of rotatable bonds is 8. The molecule has 3 heterocycles. The summed E-state index contributed by atoms with van der Waals surface area (Å²) in [5.41, 5.74) is 4.89. The number of hydrogen-bond donors (Lipinski definition) is 1. The lowest BCUT2D eigenvalue weighted by Crippen LogP contribution is -2.18. The lowest BCUT2D eigenvalue weighted by atomic mass is 9.88. The molecular formula is C28H30N4O3S3. The van der Waals surface area contributed by atoms with Crippen LogP contribution in [0.3, 0.4) is 0 Å². The maximum absolute atomic E-state index is 13.0. The van der Waals surface area contributed by atoms with Crippen LogP contribution in [0.25, 0.3) is 22.5 Å². The molecule has 1 aliphatic rings. The Kier molecular flexibility index (Phi) is 8.01. The zero-order valence-corrected chi connectivity index (χ0v) is 24.3. The molecule has 0 fully saturated rings. The number of nitrogens with one attached hydrogen (secondary N) is 1. The third kappa shape index (κ3) is 5.30. The summed E-state index contributed by atoms with van der Waals surface area (Å²) in [5.74, 6) is 0.936. The molecule has 3 aromatic heterocycles. The number of thiophene rings is 2. The van der Waals surface area contributed by atoms with E-state index in [9.17, 15) is 9.59 Å². The van der Waals surface area contributed by atoms with Crippen LogP contribution in [0.5, 0.6) is 0 Å². The second-order valence-corrected chi connectivity index (χ2v) is 12.6. The van der Waals surface area contributed by atoms with Crippen molar-refractivity contribution in [2.75, 3.05) is 17.7 Å². The fourth-order valence-electron chi connectivity index (χ4n) is 4.81. The quantitative estimate of drug-likeness (QED) is 0.191. The number of carbonyl (C=O) groups excluding carboxylic acids is 2. The van der Waals surface area contributed by atoms with Crippen LogP contribution in [0, 0.1) is 12.8 Å². The second kappa shape index (κ2) is 11.4. The number of fused-ring (bicyclic) bond motifs is 1. The Bertz CT molecular complexity index is 1470. The highest BCUT2D eigenvalue weighted by atomic mass is 32.2. The van der Waals surface area contributed by atoms with E-state index < -0.39 is 0 Å². The maximum atomic E-state index is 13.0. The second-order valence-electron chi connectivity index (χ2n) is 9.42. The van der Waals surface area contributed by atoms with Gasteiger partial charge in [-0.2, -0.15) is 0 Å². The first-order chi connectivity index (χ1) is 18.4. The number of aromatic nitrogens is 3. The summed E-state index contributed by atoms with van der Waals surface area (Å²) in [5, 5.41) is 15.2. The average Bonchev–Trinajstić information content (AvgIpc) is 3.57. The van der Waals surface area contributed by atoms with Gasteiger partial charge in [-0.15, -0.1) is 32.9 Å². The van der Waals surface area contributed by atoms with Crippen LogP contribution in [0.1, 0.15) is 45.9 Å². The summed E-state index contributed by atoms with van der Waals surface area (Å²) in [4.78, 5) is 28.1. The number of aryl methyl sites for hydroxylation is 1. The fourth-order valence-corrected chi connectivity index (χ4v) is 7.80. The summed E-state index contributed by atoms with van der Waals surface area (Å²) >= 11 is 4.52. The van der Waals surface area contributed by atoms with Gasteiger partial charge in [-0.1, -0.05) is 49.0 Å². The molecule has 5 rings (SSSR count). The lowest BCUT2D eigenvalue weighted by molar-refractivity contribution is -0.113. The molecule has 0 bridgehead atoms. The van der Waals surface area contributed by atoms with Gasteiger partial charge in [0.25, 0.3) is 0 Å². The molecular weight excluding hydrogens is 537 g/mol. The van der Waals surface area contributed by atoms with Crippen LogP contribution in [0.15, 0.2) is 40.9 Å². The number of thioether (sulfide) groups is 1. The first kappa shape index (κ1) is 26.6. The molecule has 0 saturated heterocycles. The van der Waals surface area contributed by atoms with Crippen molar-refractivity contribution in [2.45, 2.75) is 45.2 Å². The van der Waals surface area contributed by atoms with Gasteiger partial charge in [0.15, 0.2) is 11.0 Å². The molecule has 1 atom stereocenters. The molecule has 7 nitrogen and oxygen atoms in total. The van der Waals surface area contributed by atoms with E-state index in [2.05, 4.69) is 46.9 Å². The van der Waals surface area contributed by atoms with Crippen molar-refractivity contribution in [2.24, 2.45) is 13.0 Å². The van der Waals surface area contributed by atoms with Gasteiger partial charge in [0.1, 0.15) is 5.00 Å². The predicted octanol–water partition coefficient (Wildman–Crippen LogP) is 6.61. The number of ether oxygens (including phenoxy) is 1. The van der Waals surface area contributed by atoms with Gasteiger partial charge >= 0.3 is 5.97 Å². The molecule has 10 heteroatoms. The van der Waals surface area contributed by atoms with Crippen molar-refractivity contribution in [3.8, 4) is 22.5 Å². The van der Waals surface area contributed by atoms with Crippen LogP contribution < -0.4 is 5.32 Å². The molecule has 1 amide bonds. The van der Waals surface area contributed by atoms with Gasteiger partial charge in [-0.05, 0) is 50.2 Å².